The Bertz CT molecular complexity index is 168. The van der Waals surface area contributed by atoms with Gasteiger partial charge in [-0.05, 0) is 6.92 Å². The second-order valence-corrected chi connectivity index (χ2v) is 2.28. The van der Waals surface area contributed by atoms with Crippen LogP contribution in [0.3, 0.4) is 0 Å². The number of aliphatic hydroxyl groups excluding tert-OH is 2. The van der Waals surface area contributed by atoms with Crippen LogP contribution in [0.15, 0.2) is 12.3 Å². The van der Waals surface area contributed by atoms with Crippen molar-refractivity contribution in [1.29, 1.82) is 0 Å². The zero-order valence-corrected chi connectivity index (χ0v) is 8.66. The van der Waals surface area contributed by atoms with Crippen molar-refractivity contribution in [3.8, 4) is 0 Å². The van der Waals surface area contributed by atoms with Crippen LogP contribution >= 0.6 is 0 Å². The molecule has 0 saturated carbocycles. The fraction of sp³-hybridized carbons (Fsp3) is 0.667. The summed E-state index contributed by atoms with van der Waals surface area (Å²) in [5.41, 5.74) is 0.229. The topological polar surface area (TPSA) is 69.6 Å². The predicted molar refractivity (Wildman–Crippen MR) is 52.2 cm³/mol. The molecule has 4 heteroatoms. The highest BCUT2D eigenvalue weighted by atomic mass is 16.3. The maximum Gasteiger partial charge on any atom is 0.161 e. The number of carbonyl (C=O) groups is 1. The van der Waals surface area contributed by atoms with E-state index < -0.39 is 18.0 Å². The van der Waals surface area contributed by atoms with Gasteiger partial charge in [0.15, 0.2) is 5.78 Å². The van der Waals surface area contributed by atoms with Crippen LogP contribution in [0, 0.1) is 0 Å². The highest BCUT2D eigenvalue weighted by molar-refractivity contribution is 5.81. The number of hydrogen-bond acceptors (Lipinski definition) is 4. The van der Waals surface area contributed by atoms with E-state index in [1.807, 2.05) is 13.8 Å². The number of likely N-dealkylation sites (N-methyl/N-ethyl adjacent to an activating group) is 1. The second kappa shape index (κ2) is 7.76. The third-order valence-corrected chi connectivity index (χ3v) is 1.39. The lowest BCUT2D eigenvalue weighted by molar-refractivity contribution is -0.129. The quantitative estimate of drug-likeness (QED) is 0.585. The zero-order chi connectivity index (χ0) is 11.0. The van der Waals surface area contributed by atoms with Gasteiger partial charge in [-0.3, -0.25) is 4.79 Å². The van der Waals surface area contributed by atoms with E-state index in [0.717, 1.165) is 0 Å². The molecule has 0 radical (unpaired) electrons. The Morgan fingerprint density at radius 1 is 1.31 bits per heavy atom. The van der Waals surface area contributed by atoms with Crippen molar-refractivity contribution in [2.24, 2.45) is 0 Å². The van der Waals surface area contributed by atoms with E-state index in [1.54, 1.807) is 7.05 Å². The molecule has 0 aromatic heterocycles. The van der Waals surface area contributed by atoms with Crippen LogP contribution in [0.1, 0.15) is 20.8 Å². The molecule has 0 aliphatic rings. The number of nitrogens with one attached hydrogen (secondary N) is 1. The van der Waals surface area contributed by atoms with Crippen molar-refractivity contribution >= 4 is 5.78 Å². The first-order valence-electron chi connectivity index (χ1n) is 4.23. The van der Waals surface area contributed by atoms with Crippen LogP contribution < -0.4 is 5.32 Å². The SMILES string of the molecule is C=C(NC)[C@H](O)[C@@H](O)C(C)=O.CC. The van der Waals surface area contributed by atoms with E-state index >= 15 is 0 Å². The fourth-order valence-electron chi connectivity index (χ4n) is 0.561. The van der Waals surface area contributed by atoms with E-state index in [0.29, 0.717) is 0 Å². The van der Waals surface area contributed by atoms with Crippen LogP contribution in [0.5, 0.6) is 0 Å². The van der Waals surface area contributed by atoms with Gasteiger partial charge in [-0.2, -0.15) is 0 Å². The molecule has 0 rings (SSSR count). The van der Waals surface area contributed by atoms with Crippen LogP contribution in [0.25, 0.3) is 0 Å². The molecular weight excluding hydrogens is 170 g/mol. The Kier molecular flexibility index (Phi) is 8.74. The third-order valence-electron chi connectivity index (χ3n) is 1.39. The molecule has 0 aromatic carbocycles. The van der Waals surface area contributed by atoms with Gasteiger partial charge in [0.1, 0.15) is 12.2 Å². The summed E-state index contributed by atoms with van der Waals surface area (Å²) in [6.07, 6.45) is -2.60. The van der Waals surface area contributed by atoms with Crippen LogP contribution in [-0.2, 0) is 4.79 Å². The molecule has 0 unspecified atom stereocenters. The Labute approximate surface area is 79.3 Å². The van der Waals surface area contributed by atoms with Gasteiger partial charge in [0, 0.05) is 12.7 Å². The minimum absolute atomic E-state index is 0.229. The Morgan fingerprint density at radius 3 is 1.92 bits per heavy atom. The number of carbonyl (C=O) groups excluding carboxylic acids is 1. The molecule has 78 valence electrons. The first kappa shape index (κ1) is 14.6. The Hall–Kier alpha value is -0.870. The van der Waals surface area contributed by atoms with Crippen molar-refractivity contribution in [3.63, 3.8) is 0 Å². The molecule has 13 heavy (non-hydrogen) atoms. The predicted octanol–water partition coefficient (Wildman–Crippen LogP) is 0.0565. The largest absolute Gasteiger partial charge is 0.390 e. The molecule has 0 fully saturated rings. The lowest BCUT2D eigenvalue weighted by Crippen LogP contribution is -2.36. The lowest BCUT2D eigenvalue weighted by Gasteiger charge is -2.16. The van der Waals surface area contributed by atoms with Crippen LogP contribution in [0.4, 0.5) is 0 Å². The number of aliphatic hydroxyl groups is 2. The van der Waals surface area contributed by atoms with Gasteiger partial charge in [0.2, 0.25) is 0 Å². The first-order valence-corrected chi connectivity index (χ1v) is 4.23. The standard InChI is InChI=1S/C7H13NO3.C2H6/c1-4(8-3)6(10)7(11)5(2)9;1-2/h6-8,10-11H,1H2,2-3H3;1-2H3/t6-,7-;/m0./s1. The van der Waals surface area contributed by atoms with E-state index in [1.165, 1.54) is 6.92 Å². The molecular formula is C9H19NO3. The molecule has 0 saturated heterocycles. The summed E-state index contributed by atoms with van der Waals surface area (Å²) < 4.78 is 0. The monoisotopic (exact) mass is 189 g/mol. The summed E-state index contributed by atoms with van der Waals surface area (Å²) in [4.78, 5) is 10.5. The average molecular weight is 189 g/mol. The molecule has 4 nitrogen and oxygen atoms in total. The molecule has 2 atom stereocenters. The summed E-state index contributed by atoms with van der Waals surface area (Å²) >= 11 is 0. The number of hydrogen-bond donors (Lipinski definition) is 3. The van der Waals surface area contributed by atoms with Gasteiger partial charge in [0.05, 0.1) is 0 Å². The minimum atomic E-state index is -1.38. The first-order chi connectivity index (χ1) is 6.00. The van der Waals surface area contributed by atoms with Crippen molar-refractivity contribution < 1.29 is 15.0 Å². The normalized spacial score (nSPS) is 13.4. The zero-order valence-electron chi connectivity index (χ0n) is 8.66. The van der Waals surface area contributed by atoms with Crippen molar-refractivity contribution in [1.82, 2.24) is 5.32 Å². The van der Waals surface area contributed by atoms with E-state index in [9.17, 15) is 4.79 Å². The number of Topliss-reactive ketones (excluding diaryl/α,β-unsaturated/α-hetero) is 1. The maximum absolute atomic E-state index is 10.5. The third kappa shape index (κ3) is 5.38. The van der Waals surface area contributed by atoms with Gasteiger partial charge in [-0.15, -0.1) is 0 Å². The summed E-state index contributed by atoms with van der Waals surface area (Å²) in [6, 6.07) is 0. The van der Waals surface area contributed by atoms with Gasteiger partial charge in [-0.1, -0.05) is 20.4 Å². The molecule has 0 aliphatic heterocycles. The highest BCUT2D eigenvalue weighted by Gasteiger charge is 2.22. The molecule has 3 N–H and O–H groups in total. The Balaban J connectivity index is 0. The van der Waals surface area contributed by atoms with Crippen molar-refractivity contribution in [2.45, 2.75) is 33.0 Å². The van der Waals surface area contributed by atoms with Gasteiger partial charge in [-0.25, -0.2) is 0 Å². The smallest absolute Gasteiger partial charge is 0.161 e. The second-order valence-electron chi connectivity index (χ2n) is 2.28. The molecule has 0 heterocycles. The summed E-state index contributed by atoms with van der Waals surface area (Å²) in [5.74, 6) is -0.478. The van der Waals surface area contributed by atoms with Gasteiger partial charge < -0.3 is 15.5 Å². The summed E-state index contributed by atoms with van der Waals surface area (Å²) in [7, 11) is 1.55. The molecule has 0 aliphatic carbocycles. The lowest BCUT2D eigenvalue weighted by atomic mass is 10.1. The van der Waals surface area contributed by atoms with Crippen LogP contribution in [0.2, 0.25) is 0 Å². The van der Waals surface area contributed by atoms with Gasteiger partial charge in [0.25, 0.3) is 0 Å². The number of rotatable bonds is 4. The van der Waals surface area contributed by atoms with E-state index in [-0.39, 0.29) is 5.70 Å². The summed E-state index contributed by atoms with van der Waals surface area (Å²) in [6.45, 7) is 8.61. The van der Waals surface area contributed by atoms with Gasteiger partial charge >= 0.3 is 0 Å². The highest BCUT2D eigenvalue weighted by Crippen LogP contribution is 2.01. The van der Waals surface area contributed by atoms with Crippen molar-refractivity contribution in [3.05, 3.63) is 12.3 Å². The Morgan fingerprint density at radius 2 is 1.69 bits per heavy atom. The average Bonchev–Trinajstić information content (AvgIpc) is 2.17. The van der Waals surface area contributed by atoms with Crippen LogP contribution in [-0.4, -0.2) is 35.3 Å². The van der Waals surface area contributed by atoms with Crippen molar-refractivity contribution in [2.75, 3.05) is 7.05 Å². The summed E-state index contributed by atoms with van der Waals surface area (Å²) in [5, 5.41) is 20.7. The molecule has 0 aromatic rings. The fourth-order valence-corrected chi connectivity index (χ4v) is 0.561. The minimum Gasteiger partial charge on any atom is -0.390 e. The molecule has 0 bridgehead atoms. The van der Waals surface area contributed by atoms with E-state index in [2.05, 4.69) is 11.9 Å². The maximum atomic E-state index is 10.5. The molecule has 0 amide bonds. The molecule has 0 spiro atoms. The number of ketones is 1. The van der Waals surface area contributed by atoms with E-state index in [4.69, 9.17) is 10.2 Å².